The lowest BCUT2D eigenvalue weighted by molar-refractivity contribution is 0.176. The van der Waals surface area contributed by atoms with E-state index in [0.717, 1.165) is 0 Å². The third kappa shape index (κ3) is 1.91. The van der Waals surface area contributed by atoms with Crippen molar-refractivity contribution in [2.24, 2.45) is 0 Å². The maximum atomic E-state index is 9.34. The Morgan fingerprint density at radius 3 is 3.09 bits per heavy atom. The maximum absolute atomic E-state index is 9.34. The molecule has 1 atom stereocenters. The Bertz CT molecular complexity index is 242. The zero-order chi connectivity index (χ0) is 8.27. The number of aryl methyl sites for hydroxylation is 1. The Hall–Kier alpha value is -1.09. The van der Waals surface area contributed by atoms with Crippen LogP contribution in [0, 0.1) is 6.92 Å². The van der Waals surface area contributed by atoms with E-state index in [1.807, 2.05) is 0 Å². The van der Waals surface area contributed by atoms with Crippen LogP contribution < -0.4 is 0 Å². The van der Waals surface area contributed by atoms with Gasteiger partial charge in [0.15, 0.2) is 5.89 Å². The highest BCUT2D eigenvalue weighted by atomic mass is 16.3. The fraction of sp³-hybridized carbons (Fsp3) is 0.375. The van der Waals surface area contributed by atoms with Crippen molar-refractivity contribution in [3.8, 4) is 0 Å². The van der Waals surface area contributed by atoms with Crippen molar-refractivity contribution in [2.45, 2.75) is 19.4 Å². The highest BCUT2D eigenvalue weighted by molar-refractivity contribution is 5.01. The Balaban J connectivity index is 2.67. The van der Waals surface area contributed by atoms with Crippen molar-refractivity contribution >= 4 is 0 Å². The van der Waals surface area contributed by atoms with E-state index in [9.17, 15) is 5.11 Å². The number of rotatable bonds is 3. The second-order valence-corrected chi connectivity index (χ2v) is 2.33. The minimum Gasteiger partial charge on any atom is -0.449 e. The molecule has 3 nitrogen and oxygen atoms in total. The van der Waals surface area contributed by atoms with Crippen molar-refractivity contribution < 1.29 is 9.52 Å². The molecule has 11 heavy (non-hydrogen) atoms. The molecule has 1 aromatic rings. The van der Waals surface area contributed by atoms with Crippen LogP contribution in [-0.2, 0) is 0 Å². The molecule has 0 fully saturated rings. The second kappa shape index (κ2) is 3.34. The van der Waals surface area contributed by atoms with E-state index in [-0.39, 0.29) is 0 Å². The minimum atomic E-state index is -0.579. The predicted octanol–water partition coefficient (Wildman–Crippen LogP) is 1.59. The Kier molecular flexibility index (Phi) is 2.44. The Labute approximate surface area is 65.4 Å². The summed E-state index contributed by atoms with van der Waals surface area (Å²) in [5, 5.41) is 9.34. The number of aromatic nitrogens is 1. The molecule has 0 saturated heterocycles. The van der Waals surface area contributed by atoms with Crippen LogP contribution in [0.5, 0.6) is 0 Å². The third-order valence-electron chi connectivity index (χ3n) is 1.37. The van der Waals surface area contributed by atoms with Gasteiger partial charge in [-0.1, -0.05) is 6.08 Å². The van der Waals surface area contributed by atoms with E-state index in [2.05, 4.69) is 11.6 Å². The van der Waals surface area contributed by atoms with E-state index in [1.54, 1.807) is 13.0 Å². The molecule has 1 rings (SSSR count). The van der Waals surface area contributed by atoms with Gasteiger partial charge in [-0.05, 0) is 6.42 Å². The monoisotopic (exact) mass is 153 g/mol. The van der Waals surface area contributed by atoms with Gasteiger partial charge < -0.3 is 9.52 Å². The zero-order valence-electron chi connectivity index (χ0n) is 6.45. The van der Waals surface area contributed by atoms with E-state index in [0.29, 0.717) is 18.0 Å². The van der Waals surface area contributed by atoms with Crippen LogP contribution in [0.1, 0.15) is 24.1 Å². The van der Waals surface area contributed by atoms with E-state index >= 15 is 0 Å². The zero-order valence-corrected chi connectivity index (χ0v) is 6.45. The summed E-state index contributed by atoms with van der Waals surface area (Å²) in [5.41, 5.74) is 0.572. The van der Waals surface area contributed by atoms with Gasteiger partial charge in [-0.25, -0.2) is 4.98 Å². The molecule has 60 valence electrons. The van der Waals surface area contributed by atoms with Gasteiger partial charge >= 0.3 is 0 Å². The van der Waals surface area contributed by atoms with Crippen molar-refractivity contribution in [2.75, 3.05) is 0 Å². The number of aliphatic hydroxyl groups excluding tert-OH is 1. The van der Waals surface area contributed by atoms with Gasteiger partial charge in [0.1, 0.15) is 18.1 Å². The lowest BCUT2D eigenvalue weighted by atomic mass is 10.2. The van der Waals surface area contributed by atoms with Crippen LogP contribution in [0.25, 0.3) is 0 Å². The number of hydrogen-bond donors (Lipinski definition) is 1. The molecule has 1 aromatic heterocycles. The fourth-order valence-electron chi connectivity index (χ4n) is 0.812. The number of oxazole rings is 1. The molecular formula is C8H11NO2. The molecule has 0 aromatic carbocycles. The summed E-state index contributed by atoms with van der Waals surface area (Å²) in [4.78, 5) is 3.96. The summed E-state index contributed by atoms with van der Waals surface area (Å²) in [6.45, 7) is 5.25. The molecule has 3 heteroatoms. The molecule has 0 aliphatic rings. The molecule has 0 saturated carbocycles. The van der Waals surface area contributed by atoms with Crippen molar-refractivity contribution in [1.82, 2.24) is 4.98 Å². The van der Waals surface area contributed by atoms with Gasteiger partial charge in [-0.15, -0.1) is 6.58 Å². The normalized spacial score (nSPS) is 12.9. The second-order valence-electron chi connectivity index (χ2n) is 2.33. The van der Waals surface area contributed by atoms with Crippen LogP contribution in [-0.4, -0.2) is 10.1 Å². The summed E-state index contributed by atoms with van der Waals surface area (Å²) in [6.07, 6.45) is 3.04. The molecule has 1 unspecified atom stereocenters. The molecule has 1 heterocycles. The highest BCUT2D eigenvalue weighted by Crippen LogP contribution is 2.15. The number of nitrogens with zero attached hydrogens (tertiary/aromatic N) is 1. The minimum absolute atomic E-state index is 0.506. The first-order valence-electron chi connectivity index (χ1n) is 3.45. The topological polar surface area (TPSA) is 46.3 Å². The van der Waals surface area contributed by atoms with Gasteiger partial charge in [0.25, 0.3) is 0 Å². The SMILES string of the molecule is C=CCC(O)c1coc(C)n1. The van der Waals surface area contributed by atoms with E-state index in [1.165, 1.54) is 6.26 Å². The Morgan fingerprint density at radius 2 is 2.64 bits per heavy atom. The van der Waals surface area contributed by atoms with Gasteiger partial charge in [0, 0.05) is 6.92 Å². The van der Waals surface area contributed by atoms with Crippen LogP contribution in [0.2, 0.25) is 0 Å². The number of aliphatic hydroxyl groups is 1. The molecule has 0 spiro atoms. The average molecular weight is 153 g/mol. The Morgan fingerprint density at radius 1 is 1.91 bits per heavy atom. The van der Waals surface area contributed by atoms with Crippen LogP contribution >= 0.6 is 0 Å². The quantitative estimate of drug-likeness (QED) is 0.671. The standard InChI is InChI=1S/C8H11NO2/c1-3-4-8(10)7-5-11-6(2)9-7/h3,5,8,10H,1,4H2,2H3. The molecule has 0 amide bonds. The molecular weight excluding hydrogens is 142 g/mol. The molecule has 0 radical (unpaired) electrons. The van der Waals surface area contributed by atoms with Gasteiger partial charge in [0.05, 0.1) is 0 Å². The first kappa shape index (κ1) is 8.01. The summed E-state index contributed by atoms with van der Waals surface area (Å²) in [6, 6.07) is 0. The van der Waals surface area contributed by atoms with Crippen LogP contribution in [0.4, 0.5) is 0 Å². The smallest absolute Gasteiger partial charge is 0.191 e. The first-order chi connectivity index (χ1) is 5.24. The molecule has 0 aliphatic carbocycles. The summed E-state index contributed by atoms with van der Waals surface area (Å²) < 4.78 is 4.93. The van der Waals surface area contributed by atoms with Gasteiger partial charge in [0.2, 0.25) is 0 Å². The van der Waals surface area contributed by atoms with Crippen molar-refractivity contribution in [3.05, 3.63) is 30.5 Å². The van der Waals surface area contributed by atoms with Crippen molar-refractivity contribution in [3.63, 3.8) is 0 Å². The van der Waals surface area contributed by atoms with E-state index < -0.39 is 6.10 Å². The lowest BCUT2D eigenvalue weighted by Crippen LogP contribution is -1.95. The molecule has 0 bridgehead atoms. The van der Waals surface area contributed by atoms with Crippen molar-refractivity contribution in [1.29, 1.82) is 0 Å². The van der Waals surface area contributed by atoms with Crippen LogP contribution in [0.3, 0.4) is 0 Å². The summed E-state index contributed by atoms with van der Waals surface area (Å²) in [5.74, 6) is 0.572. The maximum Gasteiger partial charge on any atom is 0.191 e. The largest absolute Gasteiger partial charge is 0.449 e. The van der Waals surface area contributed by atoms with Gasteiger partial charge in [-0.3, -0.25) is 0 Å². The summed E-state index contributed by atoms with van der Waals surface area (Å²) in [7, 11) is 0. The summed E-state index contributed by atoms with van der Waals surface area (Å²) >= 11 is 0. The van der Waals surface area contributed by atoms with Crippen LogP contribution in [0.15, 0.2) is 23.3 Å². The van der Waals surface area contributed by atoms with E-state index in [4.69, 9.17) is 4.42 Å². The third-order valence-corrected chi connectivity index (χ3v) is 1.37. The highest BCUT2D eigenvalue weighted by Gasteiger charge is 2.08. The fourth-order valence-corrected chi connectivity index (χ4v) is 0.812. The molecule has 0 aliphatic heterocycles. The lowest BCUT2D eigenvalue weighted by Gasteiger charge is -2.00. The molecule has 1 N–H and O–H groups in total. The average Bonchev–Trinajstić information content (AvgIpc) is 2.36. The first-order valence-corrected chi connectivity index (χ1v) is 3.45. The number of hydrogen-bond acceptors (Lipinski definition) is 3. The predicted molar refractivity (Wildman–Crippen MR) is 41.0 cm³/mol. The van der Waals surface area contributed by atoms with Gasteiger partial charge in [-0.2, -0.15) is 0 Å².